The smallest absolute Gasteiger partial charge is 0.148 e. The number of nitrogens with zero attached hydrogens (tertiary/aromatic N) is 1. The van der Waals surface area contributed by atoms with Crippen LogP contribution in [0.4, 0.5) is 0 Å². The van der Waals surface area contributed by atoms with Gasteiger partial charge in [-0.25, -0.2) is 4.98 Å². The zero-order chi connectivity index (χ0) is 11.9. The molecule has 0 fully saturated rings. The lowest BCUT2D eigenvalue weighted by molar-refractivity contribution is 1.36. The molecule has 0 saturated heterocycles. The average Bonchev–Trinajstić information content (AvgIpc) is 3.04. The number of thiophene rings is 1. The first-order valence-corrected chi connectivity index (χ1v) is 6.70. The minimum absolute atomic E-state index is 0.954. The fourth-order valence-corrected chi connectivity index (χ4v) is 2.90. The molecule has 3 heteroatoms. The van der Waals surface area contributed by atoms with Gasteiger partial charge in [0, 0.05) is 0 Å². The molecule has 0 radical (unpaired) electrons. The van der Waals surface area contributed by atoms with Crippen molar-refractivity contribution in [2.24, 2.45) is 0 Å². The maximum atomic E-state index is 4.66. The summed E-state index contributed by atoms with van der Waals surface area (Å²) in [5.41, 5.74) is 2.12. The van der Waals surface area contributed by atoms with Gasteiger partial charge >= 0.3 is 0 Å². The van der Waals surface area contributed by atoms with Crippen molar-refractivity contribution in [3.05, 3.63) is 53.9 Å². The van der Waals surface area contributed by atoms with E-state index in [1.165, 1.54) is 15.6 Å². The second-order valence-electron chi connectivity index (χ2n) is 4.28. The molecule has 2 heterocycles. The lowest BCUT2D eigenvalue weighted by Crippen LogP contribution is -1.73. The zero-order valence-electron chi connectivity index (χ0n) is 9.55. The van der Waals surface area contributed by atoms with Crippen molar-refractivity contribution in [1.82, 2.24) is 9.97 Å². The Labute approximate surface area is 108 Å². The van der Waals surface area contributed by atoms with E-state index < -0.39 is 0 Å². The predicted molar refractivity (Wildman–Crippen MR) is 76.9 cm³/mol. The van der Waals surface area contributed by atoms with Crippen LogP contribution in [0, 0.1) is 0 Å². The minimum atomic E-state index is 0.954. The number of aromatic amines is 1. The molecule has 4 aromatic rings. The average molecular weight is 250 g/mol. The third-order valence-electron chi connectivity index (χ3n) is 3.10. The Morgan fingerprint density at radius 1 is 0.944 bits per heavy atom. The van der Waals surface area contributed by atoms with Crippen LogP contribution in [0.3, 0.4) is 0 Å². The first-order chi connectivity index (χ1) is 8.90. The fraction of sp³-hybridized carbons (Fsp3) is 0. The number of hydrogen-bond acceptors (Lipinski definition) is 2. The number of H-pyrrole nitrogens is 1. The summed E-state index contributed by atoms with van der Waals surface area (Å²) in [6.45, 7) is 0. The zero-order valence-corrected chi connectivity index (χ0v) is 10.4. The quantitative estimate of drug-likeness (QED) is 0.531. The van der Waals surface area contributed by atoms with Gasteiger partial charge in [-0.15, -0.1) is 11.3 Å². The molecule has 0 unspecified atom stereocenters. The number of benzene rings is 2. The molecule has 0 spiro atoms. The van der Waals surface area contributed by atoms with Gasteiger partial charge < -0.3 is 4.98 Å². The monoisotopic (exact) mass is 250 g/mol. The molecule has 2 aromatic carbocycles. The molecular weight excluding hydrogens is 240 g/mol. The van der Waals surface area contributed by atoms with Gasteiger partial charge in [0.1, 0.15) is 5.82 Å². The summed E-state index contributed by atoms with van der Waals surface area (Å²) in [5.74, 6) is 0.954. The van der Waals surface area contributed by atoms with Crippen LogP contribution in [-0.4, -0.2) is 9.97 Å². The van der Waals surface area contributed by atoms with Crippen molar-refractivity contribution >= 4 is 33.1 Å². The van der Waals surface area contributed by atoms with Gasteiger partial charge in [-0.05, 0) is 34.4 Å². The largest absolute Gasteiger partial charge is 0.337 e. The maximum absolute atomic E-state index is 4.66. The Kier molecular flexibility index (Phi) is 2.02. The summed E-state index contributed by atoms with van der Waals surface area (Å²) in [7, 11) is 0. The summed E-state index contributed by atoms with van der Waals surface area (Å²) in [6, 6.07) is 16.8. The number of rotatable bonds is 1. The van der Waals surface area contributed by atoms with Crippen LogP contribution in [0.15, 0.2) is 53.9 Å². The molecule has 2 nitrogen and oxygen atoms in total. The molecule has 2 aromatic heterocycles. The number of nitrogens with one attached hydrogen (secondary N) is 1. The Morgan fingerprint density at radius 2 is 1.78 bits per heavy atom. The molecule has 1 N–H and O–H groups in total. The van der Waals surface area contributed by atoms with E-state index in [-0.39, 0.29) is 0 Å². The SMILES string of the molecule is c1csc(-c2nc3cc4ccccc4cc3[nH]2)c1. The van der Waals surface area contributed by atoms with Gasteiger partial charge in [0.2, 0.25) is 0 Å². The highest BCUT2D eigenvalue weighted by molar-refractivity contribution is 7.13. The van der Waals surface area contributed by atoms with Gasteiger partial charge in [-0.1, -0.05) is 30.3 Å². The minimum Gasteiger partial charge on any atom is -0.337 e. The van der Waals surface area contributed by atoms with E-state index in [2.05, 4.69) is 57.8 Å². The van der Waals surface area contributed by atoms with Crippen molar-refractivity contribution < 1.29 is 0 Å². The molecule has 0 aliphatic heterocycles. The van der Waals surface area contributed by atoms with Crippen LogP contribution >= 0.6 is 11.3 Å². The highest BCUT2D eigenvalue weighted by Gasteiger charge is 2.06. The van der Waals surface area contributed by atoms with Crippen LogP contribution in [0.25, 0.3) is 32.5 Å². The third-order valence-corrected chi connectivity index (χ3v) is 3.98. The van der Waals surface area contributed by atoms with E-state index in [1.54, 1.807) is 11.3 Å². The van der Waals surface area contributed by atoms with Gasteiger partial charge in [0.05, 0.1) is 15.9 Å². The van der Waals surface area contributed by atoms with Crippen molar-refractivity contribution in [2.45, 2.75) is 0 Å². The second kappa shape index (κ2) is 3.68. The number of fused-ring (bicyclic) bond motifs is 2. The first kappa shape index (κ1) is 9.85. The van der Waals surface area contributed by atoms with E-state index in [0.29, 0.717) is 0 Å². The molecule has 0 amide bonds. The molecule has 0 aliphatic carbocycles. The van der Waals surface area contributed by atoms with Crippen molar-refractivity contribution in [1.29, 1.82) is 0 Å². The van der Waals surface area contributed by atoms with Crippen LogP contribution in [-0.2, 0) is 0 Å². The summed E-state index contributed by atoms with van der Waals surface area (Å²) in [4.78, 5) is 9.23. The normalized spacial score (nSPS) is 11.3. The summed E-state index contributed by atoms with van der Waals surface area (Å²) in [6.07, 6.45) is 0. The van der Waals surface area contributed by atoms with Crippen LogP contribution < -0.4 is 0 Å². The van der Waals surface area contributed by atoms with Crippen LogP contribution in [0.5, 0.6) is 0 Å². The van der Waals surface area contributed by atoms with Crippen LogP contribution in [0.1, 0.15) is 0 Å². The Bertz CT molecular complexity index is 776. The highest BCUT2D eigenvalue weighted by Crippen LogP contribution is 2.27. The fourth-order valence-electron chi connectivity index (χ4n) is 2.23. The van der Waals surface area contributed by atoms with Crippen LogP contribution in [0.2, 0.25) is 0 Å². The molecular formula is C15H10N2S. The predicted octanol–water partition coefficient (Wildman–Crippen LogP) is 4.44. The highest BCUT2D eigenvalue weighted by atomic mass is 32.1. The first-order valence-electron chi connectivity index (χ1n) is 5.82. The molecule has 86 valence electrons. The van der Waals surface area contributed by atoms with E-state index in [1.807, 2.05) is 6.07 Å². The maximum Gasteiger partial charge on any atom is 0.148 e. The summed E-state index contributed by atoms with van der Waals surface area (Å²) >= 11 is 1.70. The van der Waals surface area contributed by atoms with Crippen molar-refractivity contribution in [3.63, 3.8) is 0 Å². The van der Waals surface area contributed by atoms with E-state index in [4.69, 9.17) is 0 Å². The molecule has 18 heavy (non-hydrogen) atoms. The molecule has 0 saturated carbocycles. The van der Waals surface area contributed by atoms with Gasteiger partial charge in [-0.3, -0.25) is 0 Å². The van der Waals surface area contributed by atoms with E-state index in [0.717, 1.165) is 16.9 Å². The number of imidazole rings is 1. The number of hydrogen-bond donors (Lipinski definition) is 1. The summed E-state index contributed by atoms with van der Waals surface area (Å²) < 4.78 is 0. The second-order valence-corrected chi connectivity index (χ2v) is 5.23. The lowest BCUT2D eigenvalue weighted by Gasteiger charge is -1.95. The lowest BCUT2D eigenvalue weighted by atomic mass is 10.1. The Morgan fingerprint density at radius 3 is 2.56 bits per heavy atom. The van der Waals surface area contributed by atoms with Gasteiger partial charge in [-0.2, -0.15) is 0 Å². The van der Waals surface area contributed by atoms with E-state index >= 15 is 0 Å². The number of aromatic nitrogens is 2. The Balaban J connectivity index is 2.02. The standard InChI is InChI=1S/C15H10N2S/c1-2-5-11-9-13-12(8-10(11)4-1)16-15(17-13)14-6-3-7-18-14/h1-9H,(H,16,17). The molecule has 4 rings (SSSR count). The van der Waals surface area contributed by atoms with Crippen molar-refractivity contribution in [3.8, 4) is 10.7 Å². The molecule has 0 atom stereocenters. The summed E-state index contributed by atoms with van der Waals surface area (Å²) in [5, 5.41) is 4.54. The molecule has 0 aliphatic rings. The van der Waals surface area contributed by atoms with Crippen molar-refractivity contribution in [2.75, 3.05) is 0 Å². The molecule has 0 bridgehead atoms. The van der Waals surface area contributed by atoms with Gasteiger partial charge in [0.25, 0.3) is 0 Å². The Hall–Kier alpha value is -2.13. The van der Waals surface area contributed by atoms with Gasteiger partial charge in [0.15, 0.2) is 0 Å². The third kappa shape index (κ3) is 1.45. The van der Waals surface area contributed by atoms with E-state index in [9.17, 15) is 0 Å². The topological polar surface area (TPSA) is 28.7 Å².